The van der Waals surface area contributed by atoms with Crippen LogP contribution in [0.15, 0.2) is 29.2 Å². The Kier molecular flexibility index (Phi) is 4.72. The predicted molar refractivity (Wildman–Crippen MR) is 123 cm³/mol. The van der Waals surface area contributed by atoms with Gasteiger partial charge in [0.2, 0.25) is 10.0 Å². The predicted octanol–water partition coefficient (Wildman–Crippen LogP) is 3.81. The smallest absolute Gasteiger partial charge is 0.315 e. The Morgan fingerprint density at radius 3 is 2.75 bits per heavy atom. The number of fused-ring (bicyclic) bond motifs is 2. The number of amides is 2. The van der Waals surface area contributed by atoms with Gasteiger partial charge in [-0.15, -0.1) is 0 Å². The van der Waals surface area contributed by atoms with Crippen LogP contribution in [0.25, 0.3) is 0 Å². The molecule has 4 aliphatic carbocycles. The number of benzene rings is 1. The third kappa shape index (κ3) is 2.92. The summed E-state index contributed by atoms with van der Waals surface area (Å²) in [6.45, 7) is 2.73. The zero-order chi connectivity index (χ0) is 22.1. The number of hydrogen-bond acceptors (Lipinski definition) is 3. The molecule has 2 N–H and O–H groups in total. The molecule has 1 heterocycles. The zero-order valence-corrected chi connectivity index (χ0v) is 19.8. The Balaban J connectivity index is 1.13. The number of rotatable bonds is 5. The molecule has 0 aromatic heterocycles. The fraction of sp³-hybridized carbons (Fsp3) is 0.720. The number of piperidine rings is 1. The van der Waals surface area contributed by atoms with Gasteiger partial charge in [0.25, 0.3) is 0 Å². The van der Waals surface area contributed by atoms with Gasteiger partial charge in [0.05, 0.1) is 4.90 Å². The minimum atomic E-state index is -3.57. The average molecular weight is 458 g/mol. The maximum absolute atomic E-state index is 13.4. The molecule has 7 heteroatoms. The lowest BCUT2D eigenvalue weighted by atomic mass is 9.51. The Morgan fingerprint density at radius 2 is 1.91 bits per heavy atom. The van der Waals surface area contributed by atoms with Crippen molar-refractivity contribution in [2.45, 2.75) is 81.2 Å². The molecular weight excluding hydrogens is 422 g/mol. The van der Waals surface area contributed by atoms with Crippen molar-refractivity contribution >= 4 is 16.1 Å². The first-order valence-electron chi connectivity index (χ1n) is 12.5. The molecule has 1 aromatic carbocycles. The number of nitrogens with zero attached hydrogens (tertiary/aromatic N) is 1. The van der Waals surface area contributed by atoms with Crippen molar-refractivity contribution < 1.29 is 13.2 Å². The van der Waals surface area contributed by atoms with Crippen LogP contribution >= 0.6 is 0 Å². The number of hydrogen-bond donors (Lipinski definition) is 2. The monoisotopic (exact) mass is 457 g/mol. The first kappa shape index (κ1) is 21.0. The van der Waals surface area contributed by atoms with Crippen molar-refractivity contribution in [3.63, 3.8) is 0 Å². The maximum Gasteiger partial charge on any atom is 0.315 e. The van der Waals surface area contributed by atoms with E-state index in [-0.39, 0.29) is 17.6 Å². The van der Waals surface area contributed by atoms with Crippen molar-refractivity contribution in [1.29, 1.82) is 0 Å². The molecule has 1 saturated heterocycles. The molecule has 3 bridgehead atoms. The molecule has 5 aliphatic rings. The standard InChI is InChI=1S/C25H35N3O3S/c1-17-6-2-3-8-22(17)32(30,31)28-9-5-4-7-21(28)16-26-23(29)27-25-14-19-10-18-11-20(15-25)24(25,12-18)13-19/h2-3,6,8,18-21H,4-5,7,9-16H2,1H3,(H2,26,27,29)/t18?,19-,20-,21?,24?,25?/m1/s1. The van der Waals surface area contributed by atoms with E-state index in [0.29, 0.717) is 23.4 Å². The van der Waals surface area contributed by atoms with E-state index in [4.69, 9.17) is 0 Å². The summed E-state index contributed by atoms with van der Waals surface area (Å²) < 4.78 is 28.4. The summed E-state index contributed by atoms with van der Waals surface area (Å²) in [5.41, 5.74) is 1.13. The highest BCUT2D eigenvalue weighted by atomic mass is 32.2. The van der Waals surface area contributed by atoms with Gasteiger partial charge in [-0.3, -0.25) is 0 Å². The SMILES string of the molecule is Cc1ccccc1S(=O)(=O)N1CCCCC1CNC(=O)NC12C[C@@H]3CC4C[C@H](C1)C2(C4)C3. The number of aryl methyl sites for hydroxylation is 1. The Labute approximate surface area is 191 Å². The number of urea groups is 1. The highest BCUT2D eigenvalue weighted by Crippen LogP contribution is 2.77. The molecule has 4 unspecified atom stereocenters. The highest BCUT2D eigenvalue weighted by molar-refractivity contribution is 7.89. The lowest BCUT2D eigenvalue weighted by molar-refractivity contribution is -0.0457. The second kappa shape index (κ2) is 7.20. The number of sulfonamides is 1. The van der Waals surface area contributed by atoms with Crippen LogP contribution in [0.2, 0.25) is 0 Å². The number of carbonyl (C=O) groups is 1. The first-order valence-corrected chi connectivity index (χ1v) is 13.9. The molecule has 174 valence electrons. The van der Waals surface area contributed by atoms with Crippen LogP contribution in [0.4, 0.5) is 4.79 Å². The molecule has 0 radical (unpaired) electrons. The largest absolute Gasteiger partial charge is 0.337 e. The maximum atomic E-state index is 13.4. The van der Waals surface area contributed by atoms with Gasteiger partial charge in [0.15, 0.2) is 0 Å². The van der Waals surface area contributed by atoms with E-state index in [1.807, 2.05) is 19.1 Å². The number of nitrogens with one attached hydrogen (secondary N) is 2. The van der Waals surface area contributed by atoms with E-state index in [2.05, 4.69) is 10.6 Å². The van der Waals surface area contributed by atoms with E-state index in [1.165, 1.54) is 25.7 Å². The van der Waals surface area contributed by atoms with Gasteiger partial charge in [-0.25, -0.2) is 13.2 Å². The topological polar surface area (TPSA) is 78.5 Å². The van der Waals surface area contributed by atoms with Gasteiger partial charge >= 0.3 is 6.03 Å². The Morgan fingerprint density at radius 1 is 1.09 bits per heavy atom. The molecule has 2 amide bonds. The summed E-state index contributed by atoms with van der Waals surface area (Å²) in [7, 11) is -3.57. The summed E-state index contributed by atoms with van der Waals surface area (Å²) in [5.74, 6) is 2.48. The molecule has 32 heavy (non-hydrogen) atoms. The van der Waals surface area contributed by atoms with Crippen LogP contribution in [0.3, 0.4) is 0 Å². The van der Waals surface area contributed by atoms with Crippen LogP contribution in [-0.4, -0.2) is 43.4 Å². The average Bonchev–Trinajstić information content (AvgIpc) is 3.08. The fourth-order valence-corrected chi connectivity index (χ4v) is 10.5. The van der Waals surface area contributed by atoms with Gasteiger partial charge in [-0.2, -0.15) is 4.31 Å². The summed E-state index contributed by atoms with van der Waals surface area (Å²) in [6, 6.07) is 6.88. The fourth-order valence-electron chi connectivity index (χ4n) is 8.55. The zero-order valence-electron chi connectivity index (χ0n) is 19.0. The van der Waals surface area contributed by atoms with E-state index in [0.717, 1.165) is 55.4 Å². The van der Waals surface area contributed by atoms with Crippen LogP contribution in [0, 0.1) is 30.1 Å². The van der Waals surface area contributed by atoms with E-state index in [1.54, 1.807) is 16.4 Å². The summed E-state index contributed by atoms with van der Waals surface area (Å²) >= 11 is 0. The summed E-state index contributed by atoms with van der Waals surface area (Å²) in [4.78, 5) is 13.4. The van der Waals surface area contributed by atoms with Crippen LogP contribution in [0.1, 0.15) is 63.4 Å². The van der Waals surface area contributed by atoms with E-state index in [9.17, 15) is 13.2 Å². The first-order chi connectivity index (χ1) is 15.3. The molecule has 6 rings (SSSR count). The van der Waals surface area contributed by atoms with Crippen molar-refractivity contribution in [3.05, 3.63) is 29.8 Å². The highest BCUT2D eigenvalue weighted by Gasteiger charge is 2.74. The lowest BCUT2D eigenvalue weighted by Crippen LogP contribution is -2.68. The second-order valence-electron chi connectivity index (χ2n) is 11.3. The third-order valence-electron chi connectivity index (χ3n) is 9.66. The van der Waals surface area contributed by atoms with Gasteiger partial charge in [-0.05, 0) is 93.1 Å². The summed E-state index contributed by atoms with van der Waals surface area (Å²) in [6.07, 6.45) is 10.3. The quantitative estimate of drug-likeness (QED) is 0.706. The van der Waals surface area contributed by atoms with Crippen molar-refractivity contribution in [3.8, 4) is 0 Å². The molecule has 1 aliphatic heterocycles. The molecule has 6 atom stereocenters. The summed E-state index contributed by atoms with van der Waals surface area (Å²) in [5, 5.41) is 6.50. The van der Waals surface area contributed by atoms with Crippen LogP contribution in [-0.2, 0) is 10.0 Å². The molecule has 5 fully saturated rings. The minimum absolute atomic E-state index is 0.00283. The van der Waals surface area contributed by atoms with E-state index < -0.39 is 10.0 Å². The second-order valence-corrected chi connectivity index (χ2v) is 13.2. The van der Waals surface area contributed by atoms with Gasteiger partial charge in [0.1, 0.15) is 0 Å². The normalized spacial score (nSPS) is 40.0. The van der Waals surface area contributed by atoms with Crippen molar-refractivity contribution in [1.82, 2.24) is 14.9 Å². The third-order valence-corrected chi connectivity index (χ3v) is 11.8. The van der Waals surface area contributed by atoms with Crippen molar-refractivity contribution in [2.24, 2.45) is 23.2 Å². The minimum Gasteiger partial charge on any atom is -0.337 e. The van der Waals surface area contributed by atoms with Crippen molar-refractivity contribution in [2.75, 3.05) is 13.1 Å². The van der Waals surface area contributed by atoms with Gasteiger partial charge in [-0.1, -0.05) is 24.6 Å². The van der Waals surface area contributed by atoms with Gasteiger partial charge in [0, 0.05) is 24.7 Å². The molecular formula is C25H35N3O3S. The van der Waals surface area contributed by atoms with Gasteiger partial charge < -0.3 is 10.6 Å². The van der Waals surface area contributed by atoms with Crippen LogP contribution in [0.5, 0.6) is 0 Å². The van der Waals surface area contributed by atoms with Crippen LogP contribution < -0.4 is 10.6 Å². The molecule has 4 saturated carbocycles. The molecule has 1 spiro atoms. The lowest BCUT2D eigenvalue weighted by Gasteiger charge is -2.59. The number of carbonyl (C=O) groups excluding carboxylic acids is 1. The Bertz CT molecular complexity index is 1040. The molecule has 1 aromatic rings. The molecule has 6 nitrogen and oxygen atoms in total. The Hall–Kier alpha value is -1.60. The van der Waals surface area contributed by atoms with E-state index >= 15 is 0 Å².